The molecule has 1 saturated heterocycles. The number of carboxylic acids is 1. The molecule has 0 saturated carbocycles. The van der Waals surface area contributed by atoms with Crippen LogP contribution >= 0.6 is 0 Å². The molecule has 0 aromatic carbocycles. The molecule has 1 fully saturated rings. The van der Waals surface area contributed by atoms with Crippen molar-refractivity contribution in [1.82, 2.24) is 9.80 Å². The predicted octanol–water partition coefficient (Wildman–Crippen LogP) is 4.24. The summed E-state index contributed by atoms with van der Waals surface area (Å²) in [5.41, 5.74) is -1.51. The fourth-order valence-electron chi connectivity index (χ4n) is 6.44. The van der Waals surface area contributed by atoms with Crippen molar-refractivity contribution in [2.75, 3.05) is 39.8 Å². The second kappa shape index (κ2) is 21.0. The van der Waals surface area contributed by atoms with Crippen LogP contribution in [-0.2, 0) is 28.5 Å². The average molecular weight is 725 g/mol. The molecule has 0 bridgehead atoms. The van der Waals surface area contributed by atoms with Gasteiger partial charge >= 0.3 is 18.0 Å². The number of aliphatic hydroxyl groups excluding tert-OH is 2. The van der Waals surface area contributed by atoms with Crippen LogP contribution in [0.2, 0.25) is 0 Å². The third kappa shape index (κ3) is 15.4. The molecule has 292 valence electrons. The quantitative estimate of drug-likeness (QED) is 0.108. The van der Waals surface area contributed by atoms with Crippen LogP contribution in [0.4, 0.5) is 4.79 Å². The van der Waals surface area contributed by atoms with Crippen LogP contribution < -0.4 is 0 Å². The van der Waals surface area contributed by atoms with E-state index in [1.54, 1.807) is 43.1 Å². The second-order valence-electron chi connectivity index (χ2n) is 14.7. The number of ether oxygens (including phenoxy) is 4. The van der Waals surface area contributed by atoms with Crippen molar-refractivity contribution >= 4 is 18.0 Å². The van der Waals surface area contributed by atoms with Crippen molar-refractivity contribution < 1.29 is 53.8 Å². The molecule has 0 aromatic rings. The number of carbonyl (C=O) groups excluding carboxylic acids is 2. The lowest BCUT2D eigenvalue weighted by Crippen LogP contribution is -2.51. The summed E-state index contributed by atoms with van der Waals surface area (Å²) >= 11 is 0. The fraction of sp³-hybridized carbons (Fsp3) is 0.763. The van der Waals surface area contributed by atoms with E-state index in [1.807, 2.05) is 40.7 Å². The van der Waals surface area contributed by atoms with E-state index in [4.69, 9.17) is 24.1 Å². The molecule has 2 aliphatic heterocycles. The highest BCUT2D eigenvalue weighted by Gasteiger charge is 2.39. The number of carboxylic acid groups (broad SMARTS) is 1. The Hall–Kier alpha value is -2.81. The zero-order valence-corrected chi connectivity index (χ0v) is 32.0. The molecule has 0 spiro atoms. The number of aliphatic hydroxyl groups is 3. The minimum atomic E-state index is -1.21. The largest absolute Gasteiger partial charge is 0.481 e. The Bertz CT molecular complexity index is 1200. The van der Waals surface area contributed by atoms with Gasteiger partial charge in [-0.2, -0.15) is 0 Å². The molecule has 0 aromatic heterocycles. The van der Waals surface area contributed by atoms with Crippen LogP contribution in [0, 0.1) is 5.92 Å². The monoisotopic (exact) mass is 724 g/mol. The van der Waals surface area contributed by atoms with Crippen LogP contribution in [0.15, 0.2) is 36.0 Å². The Morgan fingerprint density at radius 1 is 1.20 bits per heavy atom. The molecule has 2 heterocycles. The van der Waals surface area contributed by atoms with Crippen molar-refractivity contribution in [2.45, 2.75) is 141 Å². The first-order chi connectivity index (χ1) is 23.9. The SMILES string of the molecule is CC[C@H](O)[C@@H](C)OC(C)C[C@@](C)(O)/C=C/C=C(\C)[C@H]1OC(=O)C[C@H](O)CC[C@@](C)(OC)[C@@H](OC(=O)N2CCN(CCCC(=O)O)CC2)/C=C/[C@@H]1C. The first kappa shape index (κ1) is 44.4. The second-order valence-corrected chi connectivity index (χ2v) is 14.7. The van der Waals surface area contributed by atoms with Crippen LogP contribution in [0.25, 0.3) is 0 Å². The van der Waals surface area contributed by atoms with E-state index in [1.165, 1.54) is 7.11 Å². The Morgan fingerprint density at radius 2 is 1.86 bits per heavy atom. The van der Waals surface area contributed by atoms with Gasteiger partial charge in [-0.15, -0.1) is 0 Å². The van der Waals surface area contributed by atoms with Gasteiger partial charge in [0.05, 0.1) is 36.4 Å². The smallest absolute Gasteiger partial charge is 0.410 e. The number of hydrogen-bond acceptors (Lipinski definition) is 11. The fourth-order valence-corrected chi connectivity index (χ4v) is 6.44. The van der Waals surface area contributed by atoms with Gasteiger partial charge in [0.25, 0.3) is 0 Å². The standard InChI is InChI=1S/C38H64N2O11/c1-9-31(42)29(5)49-28(4)25-37(6,47)17-10-12-26(2)35-27(3)14-15-32(38(7,48-8)18-16-30(41)24-34(45)51-35)50-36(46)40-22-20-39(21-23-40)19-11-13-33(43)44/h10,12,14-15,17,27-32,35,41-42,47H,9,11,13,16,18-25H2,1-8H3,(H,43,44)/b15-14+,17-10+,26-12+/t27-,28?,29+,30+,31-,32-,35+,37-,38+/m0/s1. The maximum absolute atomic E-state index is 13.4. The molecular weight excluding hydrogens is 660 g/mol. The molecule has 0 radical (unpaired) electrons. The lowest BCUT2D eigenvalue weighted by atomic mass is 9.88. The summed E-state index contributed by atoms with van der Waals surface area (Å²) in [7, 11) is 1.53. The number of aliphatic carboxylic acids is 1. The van der Waals surface area contributed by atoms with Crippen molar-refractivity contribution in [3.05, 3.63) is 36.0 Å². The van der Waals surface area contributed by atoms with Gasteiger partial charge < -0.3 is 44.3 Å². The minimum Gasteiger partial charge on any atom is -0.481 e. The normalized spacial score (nSPS) is 29.6. The van der Waals surface area contributed by atoms with Gasteiger partial charge in [0, 0.05) is 52.0 Å². The van der Waals surface area contributed by atoms with Crippen molar-refractivity contribution in [2.24, 2.45) is 5.92 Å². The zero-order chi connectivity index (χ0) is 38.4. The van der Waals surface area contributed by atoms with E-state index in [2.05, 4.69) is 4.90 Å². The minimum absolute atomic E-state index is 0.105. The van der Waals surface area contributed by atoms with E-state index in [9.17, 15) is 29.7 Å². The zero-order valence-electron chi connectivity index (χ0n) is 32.0. The summed E-state index contributed by atoms with van der Waals surface area (Å²) in [5.74, 6) is -1.74. The maximum atomic E-state index is 13.4. The van der Waals surface area contributed by atoms with Crippen molar-refractivity contribution in [3.8, 4) is 0 Å². The summed E-state index contributed by atoms with van der Waals surface area (Å²) in [6.07, 6.45) is 6.27. The van der Waals surface area contributed by atoms with Gasteiger partial charge in [-0.05, 0) is 78.5 Å². The summed E-state index contributed by atoms with van der Waals surface area (Å²) < 4.78 is 23.7. The Morgan fingerprint density at radius 3 is 2.47 bits per heavy atom. The number of methoxy groups -OCH3 is 1. The highest BCUT2D eigenvalue weighted by Crippen LogP contribution is 2.30. The first-order valence-electron chi connectivity index (χ1n) is 18.3. The molecule has 4 N–H and O–H groups in total. The Kier molecular flexibility index (Phi) is 18.3. The topological polar surface area (TPSA) is 176 Å². The number of amides is 1. The summed E-state index contributed by atoms with van der Waals surface area (Å²) in [6.45, 7) is 15.5. The average Bonchev–Trinajstić information content (AvgIpc) is 3.06. The molecule has 13 heteroatoms. The molecule has 0 aliphatic carbocycles. The van der Waals surface area contributed by atoms with Crippen LogP contribution in [0.1, 0.15) is 93.4 Å². The Balaban J connectivity index is 2.23. The molecule has 51 heavy (non-hydrogen) atoms. The first-order valence-corrected chi connectivity index (χ1v) is 18.3. The highest BCUT2D eigenvalue weighted by molar-refractivity contribution is 5.70. The molecule has 2 rings (SSSR count). The van der Waals surface area contributed by atoms with E-state index >= 15 is 0 Å². The van der Waals surface area contributed by atoms with Crippen LogP contribution in [0.5, 0.6) is 0 Å². The van der Waals surface area contributed by atoms with Gasteiger partial charge in [0.15, 0.2) is 6.10 Å². The van der Waals surface area contributed by atoms with E-state index in [-0.39, 0.29) is 37.4 Å². The Labute approximate surface area is 304 Å². The van der Waals surface area contributed by atoms with Crippen molar-refractivity contribution in [1.29, 1.82) is 0 Å². The summed E-state index contributed by atoms with van der Waals surface area (Å²) in [6, 6.07) is 0. The maximum Gasteiger partial charge on any atom is 0.410 e. The summed E-state index contributed by atoms with van der Waals surface area (Å²) in [5, 5.41) is 40.7. The third-order valence-electron chi connectivity index (χ3n) is 9.86. The highest BCUT2D eigenvalue weighted by atomic mass is 16.6. The number of piperazine rings is 1. The van der Waals surface area contributed by atoms with Gasteiger partial charge in [0.1, 0.15) is 11.7 Å². The van der Waals surface area contributed by atoms with E-state index in [0.717, 1.165) is 0 Å². The van der Waals surface area contributed by atoms with Gasteiger partial charge in [0.2, 0.25) is 0 Å². The molecule has 2 aliphatic rings. The number of rotatable bonds is 15. The van der Waals surface area contributed by atoms with Crippen LogP contribution in [-0.4, -0.2) is 136 Å². The van der Waals surface area contributed by atoms with Crippen LogP contribution in [0.3, 0.4) is 0 Å². The predicted molar refractivity (Wildman–Crippen MR) is 193 cm³/mol. The number of cyclic esters (lactones) is 1. The lowest BCUT2D eigenvalue weighted by Gasteiger charge is -2.38. The third-order valence-corrected chi connectivity index (χ3v) is 9.86. The van der Waals surface area contributed by atoms with Crippen molar-refractivity contribution in [3.63, 3.8) is 0 Å². The number of allylic oxidation sites excluding steroid dienone is 2. The van der Waals surface area contributed by atoms with Gasteiger partial charge in [-0.25, -0.2) is 4.79 Å². The lowest BCUT2D eigenvalue weighted by molar-refractivity contribution is -0.151. The van der Waals surface area contributed by atoms with E-state index in [0.29, 0.717) is 64.0 Å². The van der Waals surface area contributed by atoms with E-state index < -0.39 is 53.6 Å². The molecule has 1 amide bonds. The number of nitrogens with zero attached hydrogens (tertiary/aromatic N) is 2. The molecule has 1 unspecified atom stereocenters. The molecule has 9 atom stereocenters. The number of carbonyl (C=O) groups is 3. The summed E-state index contributed by atoms with van der Waals surface area (Å²) in [4.78, 5) is 41.0. The number of esters is 1. The van der Waals surface area contributed by atoms with Gasteiger partial charge in [-0.3, -0.25) is 14.5 Å². The van der Waals surface area contributed by atoms with Gasteiger partial charge in [-0.1, -0.05) is 38.2 Å². The number of hydrogen-bond donors (Lipinski definition) is 4. The molecule has 13 nitrogen and oxygen atoms in total. The molecular formula is C38H64N2O11.